The first-order chi connectivity index (χ1) is 10.9. The Labute approximate surface area is 136 Å². The second-order valence-electron chi connectivity index (χ2n) is 5.91. The highest BCUT2D eigenvalue weighted by Crippen LogP contribution is 2.25. The molecule has 0 radical (unpaired) electrons. The molecule has 23 heavy (non-hydrogen) atoms. The maximum atomic E-state index is 12.4. The van der Waals surface area contributed by atoms with Crippen LogP contribution in [0.4, 0.5) is 4.79 Å². The third kappa shape index (κ3) is 3.64. The van der Waals surface area contributed by atoms with E-state index in [9.17, 15) is 14.7 Å². The average molecular weight is 320 g/mol. The predicted octanol–water partition coefficient (Wildman–Crippen LogP) is 1.85. The van der Waals surface area contributed by atoms with Gasteiger partial charge in [-0.05, 0) is 31.9 Å². The van der Waals surface area contributed by atoms with Crippen molar-refractivity contribution in [3.63, 3.8) is 0 Å². The first-order valence-corrected chi connectivity index (χ1v) is 7.93. The molecule has 1 unspecified atom stereocenters. The Kier molecular flexibility index (Phi) is 5.26. The predicted molar refractivity (Wildman–Crippen MR) is 86.2 cm³/mol. The van der Waals surface area contributed by atoms with Crippen molar-refractivity contribution in [2.45, 2.75) is 45.3 Å². The number of benzene rings is 1. The zero-order valence-electron chi connectivity index (χ0n) is 13.8. The number of imide groups is 1. The molecule has 1 aromatic carbocycles. The van der Waals surface area contributed by atoms with Crippen molar-refractivity contribution < 1.29 is 19.4 Å². The van der Waals surface area contributed by atoms with E-state index in [1.54, 1.807) is 0 Å². The Bertz CT molecular complexity index is 566. The molecule has 0 aliphatic carbocycles. The molecule has 0 spiro atoms. The van der Waals surface area contributed by atoms with Gasteiger partial charge in [-0.15, -0.1) is 0 Å². The van der Waals surface area contributed by atoms with Crippen LogP contribution in [0.15, 0.2) is 24.3 Å². The first-order valence-electron chi connectivity index (χ1n) is 7.93. The zero-order chi connectivity index (χ0) is 17.0. The number of carbonyl (C=O) groups excluding carboxylic acids is 2. The fourth-order valence-electron chi connectivity index (χ4n) is 2.66. The summed E-state index contributed by atoms with van der Waals surface area (Å²) in [6.07, 6.45) is 0.122. The number of aryl methyl sites for hydroxylation is 1. The minimum Gasteiger partial charge on any atom is -0.491 e. The Hall–Kier alpha value is -2.08. The number of urea groups is 1. The fraction of sp³-hybridized carbons (Fsp3) is 0.529. The van der Waals surface area contributed by atoms with Crippen molar-refractivity contribution in [3.8, 4) is 5.75 Å². The van der Waals surface area contributed by atoms with E-state index in [2.05, 4.69) is 5.32 Å². The third-order valence-corrected chi connectivity index (χ3v) is 4.31. The molecule has 1 aromatic rings. The smallest absolute Gasteiger partial charge is 0.325 e. The highest BCUT2D eigenvalue weighted by atomic mass is 16.5. The van der Waals surface area contributed by atoms with E-state index >= 15 is 0 Å². The summed E-state index contributed by atoms with van der Waals surface area (Å²) in [6, 6.07) is 7.00. The average Bonchev–Trinajstić information content (AvgIpc) is 2.79. The Balaban J connectivity index is 1.92. The number of rotatable bonds is 7. The molecule has 1 atom stereocenters. The van der Waals surface area contributed by atoms with E-state index in [0.717, 1.165) is 10.5 Å². The standard InChI is InChI=1S/C17H24N2O4/c1-4-17(5-2)15(21)19(16(22)18-17)10-13(20)11-23-14-8-6-12(3)7-9-14/h6-9,13,20H,4-5,10-11H2,1-3H3,(H,18,22). The highest BCUT2D eigenvalue weighted by molar-refractivity contribution is 6.07. The number of hydrogen-bond acceptors (Lipinski definition) is 4. The summed E-state index contributed by atoms with van der Waals surface area (Å²) in [7, 11) is 0. The summed E-state index contributed by atoms with van der Waals surface area (Å²) in [5, 5.41) is 12.8. The molecule has 1 aliphatic heterocycles. The summed E-state index contributed by atoms with van der Waals surface area (Å²) in [4.78, 5) is 25.5. The van der Waals surface area contributed by atoms with E-state index in [1.807, 2.05) is 45.0 Å². The van der Waals surface area contributed by atoms with Gasteiger partial charge in [-0.1, -0.05) is 31.5 Å². The number of aliphatic hydroxyl groups excluding tert-OH is 1. The van der Waals surface area contributed by atoms with Gasteiger partial charge >= 0.3 is 6.03 Å². The lowest BCUT2D eigenvalue weighted by Crippen LogP contribution is -2.46. The van der Waals surface area contributed by atoms with Crippen LogP contribution in [0.3, 0.4) is 0 Å². The topological polar surface area (TPSA) is 78.9 Å². The molecule has 0 bridgehead atoms. The molecule has 1 heterocycles. The maximum absolute atomic E-state index is 12.4. The lowest BCUT2D eigenvalue weighted by molar-refractivity contribution is -0.132. The van der Waals surface area contributed by atoms with Gasteiger partial charge in [-0.3, -0.25) is 9.69 Å². The number of hydrogen-bond donors (Lipinski definition) is 2. The number of aliphatic hydroxyl groups is 1. The summed E-state index contributed by atoms with van der Waals surface area (Å²) < 4.78 is 5.49. The third-order valence-electron chi connectivity index (χ3n) is 4.31. The van der Waals surface area contributed by atoms with E-state index < -0.39 is 17.7 Å². The van der Waals surface area contributed by atoms with Gasteiger partial charge in [0.2, 0.25) is 0 Å². The molecule has 6 nitrogen and oxygen atoms in total. The van der Waals surface area contributed by atoms with Crippen LogP contribution in [0, 0.1) is 6.92 Å². The molecule has 126 valence electrons. The van der Waals surface area contributed by atoms with E-state index in [4.69, 9.17) is 4.74 Å². The van der Waals surface area contributed by atoms with Crippen molar-refractivity contribution in [2.24, 2.45) is 0 Å². The summed E-state index contributed by atoms with van der Waals surface area (Å²) in [5.41, 5.74) is 0.280. The Morgan fingerprint density at radius 3 is 2.35 bits per heavy atom. The van der Waals surface area contributed by atoms with Gasteiger partial charge in [0.25, 0.3) is 5.91 Å². The molecule has 0 aromatic heterocycles. The van der Waals surface area contributed by atoms with Crippen molar-refractivity contribution in [3.05, 3.63) is 29.8 Å². The number of ether oxygens (including phenoxy) is 1. The van der Waals surface area contributed by atoms with Crippen LogP contribution in [0.5, 0.6) is 5.75 Å². The molecule has 0 saturated carbocycles. The molecule has 1 saturated heterocycles. The molecular formula is C17H24N2O4. The number of β-amino-alcohol motifs (C(OH)–C–C–N with tert-alkyl or cyclic N) is 1. The number of carbonyl (C=O) groups is 2. The first kappa shape index (κ1) is 17.3. The van der Waals surface area contributed by atoms with Crippen LogP contribution in [0.25, 0.3) is 0 Å². The molecule has 6 heteroatoms. The van der Waals surface area contributed by atoms with E-state index in [1.165, 1.54) is 0 Å². The number of amides is 3. The SMILES string of the molecule is CCC1(CC)NC(=O)N(CC(O)COc2ccc(C)cc2)C1=O. The Morgan fingerprint density at radius 1 is 1.22 bits per heavy atom. The quantitative estimate of drug-likeness (QED) is 0.752. The molecule has 3 amide bonds. The van der Waals surface area contributed by atoms with Crippen LogP contribution >= 0.6 is 0 Å². The fourth-order valence-corrected chi connectivity index (χ4v) is 2.66. The highest BCUT2D eigenvalue weighted by Gasteiger charge is 2.48. The second-order valence-corrected chi connectivity index (χ2v) is 5.91. The lowest BCUT2D eigenvalue weighted by Gasteiger charge is -2.23. The van der Waals surface area contributed by atoms with Crippen LogP contribution in [-0.4, -0.2) is 46.7 Å². The minimum atomic E-state index is -0.935. The maximum Gasteiger partial charge on any atom is 0.325 e. The van der Waals surface area contributed by atoms with Gasteiger partial charge in [-0.25, -0.2) is 4.79 Å². The van der Waals surface area contributed by atoms with Gasteiger partial charge in [-0.2, -0.15) is 0 Å². The van der Waals surface area contributed by atoms with E-state index in [0.29, 0.717) is 18.6 Å². The van der Waals surface area contributed by atoms with Crippen molar-refractivity contribution in [2.75, 3.05) is 13.2 Å². The monoisotopic (exact) mass is 320 g/mol. The van der Waals surface area contributed by atoms with Gasteiger partial charge in [0.1, 0.15) is 24.0 Å². The van der Waals surface area contributed by atoms with Crippen LogP contribution in [0.1, 0.15) is 32.3 Å². The molecular weight excluding hydrogens is 296 g/mol. The van der Waals surface area contributed by atoms with Gasteiger partial charge in [0.05, 0.1) is 6.54 Å². The second kappa shape index (κ2) is 7.00. The summed E-state index contributed by atoms with van der Waals surface area (Å²) >= 11 is 0. The zero-order valence-corrected chi connectivity index (χ0v) is 13.8. The van der Waals surface area contributed by atoms with Crippen molar-refractivity contribution in [1.82, 2.24) is 10.2 Å². The molecule has 1 fully saturated rings. The minimum absolute atomic E-state index is 0.0192. The lowest BCUT2D eigenvalue weighted by atomic mass is 9.93. The number of nitrogens with zero attached hydrogens (tertiary/aromatic N) is 1. The van der Waals surface area contributed by atoms with Gasteiger partial charge in [0, 0.05) is 0 Å². The van der Waals surface area contributed by atoms with Gasteiger partial charge in [0.15, 0.2) is 0 Å². The van der Waals surface area contributed by atoms with Crippen LogP contribution < -0.4 is 10.1 Å². The molecule has 2 N–H and O–H groups in total. The Morgan fingerprint density at radius 2 is 1.83 bits per heavy atom. The van der Waals surface area contributed by atoms with Crippen LogP contribution in [-0.2, 0) is 4.79 Å². The van der Waals surface area contributed by atoms with Crippen molar-refractivity contribution >= 4 is 11.9 Å². The van der Waals surface area contributed by atoms with Crippen molar-refractivity contribution in [1.29, 1.82) is 0 Å². The summed E-state index contributed by atoms with van der Waals surface area (Å²) in [5.74, 6) is 0.366. The largest absolute Gasteiger partial charge is 0.491 e. The molecule has 1 aliphatic rings. The number of nitrogens with one attached hydrogen (secondary N) is 1. The van der Waals surface area contributed by atoms with Gasteiger partial charge < -0.3 is 15.2 Å². The summed E-state index contributed by atoms with van der Waals surface area (Å²) in [6.45, 7) is 5.65. The van der Waals surface area contributed by atoms with Crippen LogP contribution in [0.2, 0.25) is 0 Å². The van der Waals surface area contributed by atoms with E-state index in [-0.39, 0.29) is 19.1 Å². The normalized spacial score (nSPS) is 18.0. The molecule has 2 rings (SSSR count).